The highest BCUT2D eigenvalue weighted by atomic mass is 35.5. The van der Waals surface area contributed by atoms with Crippen molar-refractivity contribution in [1.82, 2.24) is 9.62 Å². The predicted octanol–water partition coefficient (Wildman–Crippen LogP) is 3.24. The van der Waals surface area contributed by atoms with Crippen molar-refractivity contribution in [2.45, 2.75) is 11.4 Å². The van der Waals surface area contributed by atoms with E-state index < -0.39 is 10.0 Å². The molecule has 0 radical (unpaired) electrons. The van der Waals surface area contributed by atoms with Gasteiger partial charge in [-0.2, -0.15) is 4.31 Å². The number of benzene rings is 1. The molecule has 1 aromatic carbocycles. The third-order valence-corrected chi connectivity index (χ3v) is 6.72. The lowest BCUT2D eigenvalue weighted by molar-refractivity contribution is 0.0963. The molecule has 2 rings (SSSR count). The van der Waals surface area contributed by atoms with Gasteiger partial charge in [0.05, 0.1) is 4.34 Å². The molecule has 0 saturated carbocycles. The summed E-state index contributed by atoms with van der Waals surface area (Å²) in [7, 11) is -0.720. The van der Waals surface area contributed by atoms with Crippen LogP contribution in [-0.4, -0.2) is 32.7 Å². The Balaban J connectivity index is 2.19. The average molecular weight is 393 g/mol. The molecule has 0 unspecified atom stereocenters. The topological polar surface area (TPSA) is 66.5 Å². The molecule has 124 valence electrons. The van der Waals surface area contributed by atoms with E-state index in [0.717, 1.165) is 16.9 Å². The van der Waals surface area contributed by atoms with E-state index in [2.05, 4.69) is 5.32 Å². The lowest BCUT2D eigenvalue weighted by Crippen LogP contribution is -2.26. The Morgan fingerprint density at radius 1 is 1.26 bits per heavy atom. The maximum absolute atomic E-state index is 12.5. The number of carbonyl (C=O) groups is 1. The highest BCUT2D eigenvalue weighted by Gasteiger charge is 2.26. The molecule has 0 spiro atoms. The standard InChI is InChI=1S/C14H14Cl2N2O3S2/c1-17-14(19)10-5-3-9(4-6-10)8-18(2)23(20,21)11-7-12(15)22-13(11)16/h3-7H,8H2,1-2H3,(H,17,19). The SMILES string of the molecule is CNC(=O)c1ccc(CN(C)S(=O)(=O)c2cc(Cl)sc2Cl)cc1. The van der Waals surface area contributed by atoms with Crippen LogP contribution < -0.4 is 5.32 Å². The molecule has 23 heavy (non-hydrogen) atoms. The van der Waals surface area contributed by atoms with Gasteiger partial charge < -0.3 is 5.32 Å². The summed E-state index contributed by atoms with van der Waals surface area (Å²) >= 11 is 12.8. The van der Waals surface area contributed by atoms with Crippen LogP contribution in [0, 0.1) is 0 Å². The van der Waals surface area contributed by atoms with Crippen molar-refractivity contribution in [3.8, 4) is 0 Å². The minimum absolute atomic E-state index is 0.00125. The van der Waals surface area contributed by atoms with Crippen molar-refractivity contribution in [3.05, 3.63) is 50.1 Å². The maximum Gasteiger partial charge on any atom is 0.251 e. The molecule has 9 heteroatoms. The van der Waals surface area contributed by atoms with Gasteiger partial charge >= 0.3 is 0 Å². The van der Waals surface area contributed by atoms with E-state index in [0.29, 0.717) is 9.90 Å². The summed E-state index contributed by atoms with van der Waals surface area (Å²) in [6, 6.07) is 8.04. The fourth-order valence-corrected chi connectivity index (χ4v) is 5.18. The summed E-state index contributed by atoms with van der Waals surface area (Å²) in [5.74, 6) is -0.197. The van der Waals surface area contributed by atoms with Crippen molar-refractivity contribution < 1.29 is 13.2 Å². The smallest absolute Gasteiger partial charge is 0.251 e. The number of rotatable bonds is 5. The summed E-state index contributed by atoms with van der Waals surface area (Å²) in [5.41, 5.74) is 1.26. The maximum atomic E-state index is 12.5. The second-order valence-electron chi connectivity index (χ2n) is 4.73. The third-order valence-electron chi connectivity index (χ3n) is 3.16. The molecule has 5 nitrogen and oxygen atoms in total. The van der Waals surface area contributed by atoms with Gasteiger partial charge in [-0.3, -0.25) is 4.79 Å². The summed E-state index contributed by atoms with van der Waals surface area (Å²) in [6.45, 7) is 0.153. The highest BCUT2D eigenvalue weighted by Crippen LogP contribution is 2.35. The average Bonchev–Trinajstić information content (AvgIpc) is 2.86. The van der Waals surface area contributed by atoms with E-state index >= 15 is 0 Å². The molecule has 0 atom stereocenters. The minimum Gasteiger partial charge on any atom is -0.355 e. The molecule has 0 aliphatic carbocycles. The van der Waals surface area contributed by atoms with Gasteiger partial charge in [0.2, 0.25) is 10.0 Å². The van der Waals surface area contributed by atoms with Gasteiger partial charge in [-0.25, -0.2) is 8.42 Å². The number of thiophene rings is 1. The molecule has 1 heterocycles. The minimum atomic E-state index is -3.73. The number of nitrogens with zero attached hydrogens (tertiary/aromatic N) is 1. The first-order valence-corrected chi connectivity index (χ1v) is 9.49. The number of nitrogens with one attached hydrogen (secondary N) is 1. The number of amides is 1. The molecule has 1 aromatic heterocycles. The second kappa shape index (κ2) is 7.19. The summed E-state index contributed by atoms with van der Waals surface area (Å²) in [4.78, 5) is 11.5. The van der Waals surface area contributed by atoms with Gasteiger partial charge in [0, 0.05) is 26.2 Å². The van der Waals surface area contributed by atoms with Crippen molar-refractivity contribution in [3.63, 3.8) is 0 Å². The second-order valence-corrected chi connectivity index (χ2v) is 9.02. The fraction of sp³-hybridized carbons (Fsp3) is 0.214. The largest absolute Gasteiger partial charge is 0.355 e. The summed E-state index contributed by atoms with van der Waals surface area (Å²) < 4.78 is 26.7. The third kappa shape index (κ3) is 4.05. The Labute approximate surface area is 148 Å². The number of hydrogen-bond acceptors (Lipinski definition) is 4. The van der Waals surface area contributed by atoms with Crippen LogP contribution in [0.1, 0.15) is 15.9 Å². The molecule has 1 amide bonds. The van der Waals surface area contributed by atoms with Crippen molar-refractivity contribution in [2.75, 3.05) is 14.1 Å². The summed E-state index contributed by atoms with van der Waals surface area (Å²) in [6.07, 6.45) is 0. The Kier molecular flexibility index (Phi) is 5.70. The zero-order valence-electron chi connectivity index (χ0n) is 12.3. The zero-order chi connectivity index (χ0) is 17.2. The van der Waals surface area contributed by atoms with Crippen LogP contribution in [0.2, 0.25) is 8.67 Å². The van der Waals surface area contributed by atoms with Gasteiger partial charge in [-0.1, -0.05) is 35.3 Å². The molecule has 2 aromatic rings. The summed E-state index contributed by atoms with van der Waals surface area (Å²) in [5, 5.41) is 2.52. The molecule has 0 bridgehead atoms. The van der Waals surface area contributed by atoms with Crippen LogP contribution in [-0.2, 0) is 16.6 Å². The number of hydrogen-bond donors (Lipinski definition) is 1. The molecular weight excluding hydrogens is 379 g/mol. The number of sulfonamides is 1. The van der Waals surface area contributed by atoms with Crippen LogP contribution in [0.15, 0.2) is 35.2 Å². The first-order chi connectivity index (χ1) is 10.8. The Bertz CT molecular complexity index is 817. The van der Waals surface area contributed by atoms with Gasteiger partial charge in [-0.05, 0) is 23.8 Å². The van der Waals surface area contributed by atoms with Crippen LogP contribution in [0.5, 0.6) is 0 Å². The fourth-order valence-electron chi connectivity index (χ4n) is 1.92. The quantitative estimate of drug-likeness (QED) is 0.848. The Hall–Kier alpha value is -1.12. The Morgan fingerprint density at radius 2 is 1.87 bits per heavy atom. The molecule has 0 aliphatic heterocycles. The van der Waals surface area contributed by atoms with Crippen LogP contribution in [0.3, 0.4) is 0 Å². The van der Waals surface area contributed by atoms with Crippen molar-refractivity contribution >= 4 is 50.5 Å². The van der Waals surface area contributed by atoms with E-state index in [4.69, 9.17) is 23.2 Å². The first kappa shape index (κ1) is 18.2. The van der Waals surface area contributed by atoms with E-state index in [9.17, 15) is 13.2 Å². The normalized spacial score (nSPS) is 11.7. The van der Waals surface area contributed by atoms with Gasteiger partial charge in [0.15, 0.2) is 0 Å². The van der Waals surface area contributed by atoms with Crippen molar-refractivity contribution in [2.24, 2.45) is 0 Å². The van der Waals surface area contributed by atoms with E-state index in [1.807, 2.05) is 0 Å². The molecule has 1 N–H and O–H groups in total. The zero-order valence-corrected chi connectivity index (χ0v) is 15.5. The van der Waals surface area contributed by atoms with Crippen molar-refractivity contribution in [1.29, 1.82) is 0 Å². The van der Waals surface area contributed by atoms with Gasteiger partial charge in [-0.15, -0.1) is 11.3 Å². The highest BCUT2D eigenvalue weighted by molar-refractivity contribution is 7.89. The van der Waals surface area contributed by atoms with Gasteiger partial charge in [0.25, 0.3) is 5.91 Å². The molecule has 0 aliphatic rings. The monoisotopic (exact) mass is 392 g/mol. The lowest BCUT2D eigenvalue weighted by atomic mass is 10.1. The van der Waals surface area contributed by atoms with Crippen LogP contribution >= 0.6 is 34.5 Å². The van der Waals surface area contributed by atoms with Gasteiger partial charge in [0.1, 0.15) is 9.23 Å². The molecular formula is C14H14Cl2N2O3S2. The molecule has 0 saturated heterocycles. The van der Waals surface area contributed by atoms with E-state index in [1.54, 1.807) is 31.3 Å². The van der Waals surface area contributed by atoms with Crippen LogP contribution in [0.25, 0.3) is 0 Å². The molecule has 0 fully saturated rings. The predicted molar refractivity (Wildman–Crippen MR) is 92.8 cm³/mol. The lowest BCUT2D eigenvalue weighted by Gasteiger charge is -2.17. The number of halogens is 2. The van der Waals surface area contributed by atoms with Crippen LogP contribution in [0.4, 0.5) is 0 Å². The Morgan fingerprint density at radius 3 is 2.35 bits per heavy atom. The van der Waals surface area contributed by atoms with E-state index in [-0.39, 0.29) is 21.7 Å². The number of carbonyl (C=O) groups excluding carboxylic acids is 1. The first-order valence-electron chi connectivity index (χ1n) is 6.48. The van der Waals surface area contributed by atoms with E-state index in [1.165, 1.54) is 17.4 Å².